The van der Waals surface area contributed by atoms with Crippen molar-refractivity contribution >= 4 is 19.5 Å². The van der Waals surface area contributed by atoms with Crippen LogP contribution in [-0.2, 0) is 15.6 Å². The van der Waals surface area contributed by atoms with Gasteiger partial charge in [-0.3, -0.25) is 0 Å². The third-order valence-electron chi connectivity index (χ3n) is 1.44. The molecule has 0 aromatic carbocycles. The van der Waals surface area contributed by atoms with E-state index in [0.717, 1.165) is 38.5 Å². The summed E-state index contributed by atoms with van der Waals surface area (Å²) in [7, 11) is 0. The molecular weight excluding hydrogens is 529 g/mol. The first-order valence-electron chi connectivity index (χ1n) is 7.26. The van der Waals surface area contributed by atoms with Crippen LogP contribution in [0.25, 0.3) is 0 Å². The molecule has 0 aliphatic carbocycles. The summed E-state index contributed by atoms with van der Waals surface area (Å²) in [6.45, 7) is 12.3. The zero-order chi connectivity index (χ0) is 16.5. The van der Waals surface area contributed by atoms with E-state index in [0.29, 0.717) is 0 Å². The first kappa shape index (κ1) is 28.3. The van der Waals surface area contributed by atoms with E-state index in [9.17, 15) is 0 Å². The summed E-state index contributed by atoms with van der Waals surface area (Å²) in [5.41, 5.74) is 0. The van der Waals surface area contributed by atoms with E-state index in [-0.39, 0.29) is 0 Å². The SMILES string of the molecule is CCC#CCC.CCC#CCC.CCC#CCC.[I][Re]. The number of halogens is 1. The molecule has 0 aromatic heterocycles. The van der Waals surface area contributed by atoms with Gasteiger partial charge in [-0.25, -0.2) is 0 Å². The van der Waals surface area contributed by atoms with Gasteiger partial charge in [-0.1, -0.05) is 41.5 Å². The summed E-state index contributed by atoms with van der Waals surface area (Å²) in [5.74, 6) is 17.7. The van der Waals surface area contributed by atoms with Crippen LogP contribution < -0.4 is 0 Å². The molecule has 0 saturated heterocycles. The Morgan fingerprint density at radius 1 is 0.450 bits per heavy atom. The third kappa shape index (κ3) is 64.0. The molecule has 0 aliphatic rings. The van der Waals surface area contributed by atoms with Crippen LogP contribution in [-0.4, -0.2) is 0 Å². The molecular formula is C18H30IRe. The van der Waals surface area contributed by atoms with Crippen LogP contribution >= 0.6 is 19.5 Å². The average Bonchev–Trinajstić information content (AvgIpc) is 2.52. The Morgan fingerprint density at radius 2 is 0.550 bits per heavy atom. The van der Waals surface area contributed by atoms with Gasteiger partial charge in [0.1, 0.15) is 0 Å². The van der Waals surface area contributed by atoms with Gasteiger partial charge >= 0.3 is 35.1 Å². The van der Waals surface area contributed by atoms with Crippen molar-refractivity contribution in [3.05, 3.63) is 0 Å². The molecule has 0 spiro atoms. The van der Waals surface area contributed by atoms with Crippen LogP contribution in [0, 0.1) is 35.5 Å². The second-order valence-electron chi connectivity index (χ2n) is 3.18. The van der Waals surface area contributed by atoms with Crippen molar-refractivity contribution in [3.8, 4) is 35.5 Å². The Hall–Kier alpha value is 0.0723. The van der Waals surface area contributed by atoms with Gasteiger partial charge in [-0.15, -0.1) is 35.5 Å². The van der Waals surface area contributed by atoms with Crippen LogP contribution in [0.15, 0.2) is 0 Å². The molecule has 0 nitrogen and oxygen atoms in total. The van der Waals surface area contributed by atoms with Crippen LogP contribution in [0.1, 0.15) is 80.1 Å². The average molecular weight is 560 g/mol. The Labute approximate surface area is 150 Å². The topological polar surface area (TPSA) is 0 Å². The van der Waals surface area contributed by atoms with Gasteiger partial charge in [0, 0.05) is 38.5 Å². The van der Waals surface area contributed by atoms with Gasteiger partial charge < -0.3 is 0 Å². The zero-order valence-electron chi connectivity index (χ0n) is 14.0. The maximum atomic E-state index is 2.95. The maximum absolute atomic E-state index is 2.95. The second kappa shape index (κ2) is 42.7. The van der Waals surface area contributed by atoms with E-state index < -0.39 is 0 Å². The fourth-order valence-corrected chi connectivity index (χ4v) is 0.750. The molecule has 0 fully saturated rings. The molecule has 0 N–H and O–H groups in total. The van der Waals surface area contributed by atoms with Crippen molar-refractivity contribution in [2.75, 3.05) is 0 Å². The number of rotatable bonds is 0. The monoisotopic (exact) mass is 560 g/mol. The van der Waals surface area contributed by atoms with Crippen molar-refractivity contribution in [2.24, 2.45) is 0 Å². The van der Waals surface area contributed by atoms with Crippen molar-refractivity contribution in [2.45, 2.75) is 80.1 Å². The van der Waals surface area contributed by atoms with Gasteiger partial charge in [0.15, 0.2) is 0 Å². The molecule has 20 heavy (non-hydrogen) atoms. The summed E-state index contributed by atoms with van der Waals surface area (Å²) in [6, 6.07) is 0. The Kier molecular flexibility index (Phi) is 60.4. The predicted octanol–water partition coefficient (Wildman–Crippen LogP) is 6.31. The Bertz CT molecular complexity index is 225. The fourth-order valence-electron chi connectivity index (χ4n) is 0.750. The van der Waals surface area contributed by atoms with Gasteiger partial charge in [0.25, 0.3) is 0 Å². The van der Waals surface area contributed by atoms with Gasteiger partial charge in [0.05, 0.1) is 0 Å². The molecule has 0 atom stereocenters. The summed E-state index contributed by atoms with van der Waals surface area (Å²) < 4.78 is 0. The van der Waals surface area contributed by atoms with Crippen molar-refractivity contribution in [3.63, 3.8) is 0 Å². The quantitative estimate of drug-likeness (QED) is 0.241. The molecule has 0 amide bonds. The van der Waals surface area contributed by atoms with E-state index in [2.05, 4.69) is 96.6 Å². The first-order valence-corrected chi connectivity index (χ1v) is 15.0. The minimum atomic E-state index is 0.994. The zero-order valence-corrected chi connectivity index (χ0v) is 18.9. The predicted molar refractivity (Wildman–Crippen MR) is 99.1 cm³/mol. The molecule has 0 heterocycles. The molecule has 0 rings (SSSR count). The normalized spacial score (nSPS) is 6.00. The molecule has 0 unspecified atom stereocenters. The molecule has 0 aromatic rings. The van der Waals surface area contributed by atoms with Crippen molar-refractivity contribution in [1.29, 1.82) is 0 Å². The van der Waals surface area contributed by atoms with Crippen LogP contribution in [0.5, 0.6) is 0 Å². The summed E-state index contributed by atoms with van der Waals surface area (Å²) in [5, 5.41) is 0. The van der Waals surface area contributed by atoms with E-state index in [1.54, 1.807) is 15.6 Å². The third-order valence-corrected chi connectivity index (χ3v) is 1.44. The van der Waals surface area contributed by atoms with E-state index in [1.807, 2.05) is 0 Å². The van der Waals surface area contributed by atoms with Gasteiger partial charge in [-0.05, 0) is 0 Å². The molecule has 0 aliphatic heterocycles. The van der Waals surface area contributed by atoms with Gasteiger partial charge in [0.2, 0.25) is 0 Å². The molecule has 2 heteroatoms. The fraction of sp³-hybridized carbons (Fsp3) is 0.667. The van der Waals surface area contributed by atoms with Crippen molar-refractivity contribution in [1.82, 2.24) is 0 Å². The first-order chi connectivity index (χ1) is 9.74. The summed E-state index contributed by atoms with van der Waals surface area (Å²) in [6.07, 6.45) is 5.96. The standard InChI is InChI=1S/3C6H10.HI.Re/c3*1-3-5-6-4-2;;/h3*3-4H2,1-2H3;1H;/q;;;;+1/p-1. The van der Waals surface area contributed by atoms with Crippen molar-refractivity contribution < 1.29 is 15.6 Å². The minimum absolute atomic E-state index is 0.994. The molecule has 0 saturated carbocycles. The van der Waals surface area contributed by atoms with Crippen LogP contribution in [0.4, 0.5) is 0 Å². The summed E-state index contributed by atoms with van der Waals surface area (Å²) in [4.78, 5) is 0. The number of hydrogen-bond acceptors (Lipinski definition) is 0. The van der Waals surface area contributed by atoms with E-state index >= 15 is 0 Å². The van der Waals surface area contributed by atoms with Crippen LogP contribution in [0.2, 0.25) is 0 Å². The van der Waals surface area contributed by atoms with Gasteiger partial charge in [-0.2, -0.15) is 0 Å². The van der Waals surface area contributed by atoms with E-state index in [4.69, 9.17) is 0 Å². The Morgan fingerprint density at radius 3 is 0.600 bits per heavy atom. The molecule has 0 radical (unpaired) electrons. The van der Waals surface area contributed by atoms with E-state index in [1.165, 1.54) is 0 Å². The second-order valence-corrected chi connectivity index (χ2v) is 3.18. The molecule has 116 valence electrons. The Balaban J connectivity index is -0.0000000902. The van der Waals surface area contributed by atoms with Crippen LogP contribution in [0.3, 0.4) is 0 Å². The molecule has 0 bridgehead atoms. The summed E-state index contributed by atoms with van der Waals surface area (Å²) >= 11 is 3.90. The number of hydrogen-bond donors (Lipinski definition) is 0.